The zero-order valence-corrected chi connectivity index (χ0v) is 14.7. The molecule has 0 spiro atoms. The Morgan fingerprint density at radius 2 is 1.48 bits per heavy atom. The van der Waals surface area contributed by atoms with Crippen LogP contribution in [0.2, 0.25) is 0 Å². The minimum Gasteiger partial charge on any atom is -0.0931 e. The number of rotatable bonds is 1. The molecule has 118 valence electrons. The van der Waals surface area contributed by atoms with Crippen LogP contribution in [-0.2, 0) is 17.3 Å². The predicted molar refractivity (Wildman–Crippen MR) is 98.8 cm³/mol. The van der Waals surface area contributed by atoms with Crippen molar-refractivity contribution in [3.8, 4) is 11.8 Å². The van der Waals surface area contributed by atoms with E-state index in [1.165, 1.54) is 29.5 Å². The first-order valence-electron chi connectivity index (χ1n) is 8.56. The van der Waals surface area contributed by atoms with Crippen LogP contribution < -0.4 is 0 Å². The number of hydrogen-bond acceptors (Lipinski definition) is 0. The van der Waals surface area contributed by atoms with E-state index in [0.29, 0.717) is 5.41 Å². The molecule has 0 fully saturated rings. The summed E-state index contributed by atoms with van der Waals surface area (Å²) in [7, 11) is 0. The second kappa shape index (κ2) is 5.89. The lowest BCUT2D eigenvalue weighted by Gasteiger charge is -2.42. The maximum Gasteiger partial charge on any atom is 0.0344 e. The van der Waals surface area contributed by atoms with Crippen molar-refractivity contribution in [3.63, 3.8) is 0 Å². The van der Waals surface area contributed by atoms with Gasteiger partial charge in [0.25, 0.3) is 0 Å². The molecule has 1 aliphatic rings. The van der Waals surface area contributed by atoms with Crippen LogP contribution in [-0.4, -0.2) is 0 Å². The quantitative estimate of drug-likeness (QED) is 0.599. The van der Waals surface area contributed by atoms with E-state index in [-0.39, 0.29) is 5.41 Å². The van der Waals surface area contributed by atoms with Crippen molar-refractivity contribution >= 4 is 0 Å². The minimum atomic E-state index is 0.272. The van der Waals surface area contributed by atoms with Gasteiger partial charge in [-0.25, -0.2) is 0 Å². The summed E-state index contributed by atoms with van der Waals surface area (Å²) in [6, 6.07) is 17.2. The molecule has 0 bridgehead atoms. The molecule has 2 aromatic carbocycles. The Bertz CT molecular complexity index is 752. The van der Waals surface area contributed by atoms with Gasteiger partial charge in [0.15, 0.2) is 0 Å². The highest BCUT2D eigenvalue weighted by Gasteiger charge is 2.36. The molecule has 0 nitrogen and oxygen atoms in total. The Kier molecular flexibility index (Phi) is 4.07. The fourth-order valence-corrected chi connectivity index (χ4v) is 3.52. The van der Waals surface area contributed by atoms with E-state index in [0.717, 1.165) is 12.0 Å². The molecule has 0 heteroatoms. The van der Waals surface area contributed by atoms with Crippen LogP contribution in [0.25, 0.3) is 0 Å². The normalized spacial score (nSPS) is 17.7. The summed E-state index contributed by atoms with van der Waals surface area (Å²) in [6.45, 7) is 9.49. The Balaban J connectivity index is 1.88. The van der Waals surface area contributed by atoms with Gasteiger partial charge in [-0.2, -0.15) is 0 Å². The van der Waals surface area contributed by atoms with Gasteiger partial charge in [0.05, 0.1) is 0 Å². The predicted octanol–water partition coefficient (Wildman–Crippen LogP) is 5.63. The third-order valence-electron chi connectivity index (χ3n) is 5.22. The van der Waals surface area contributed by atoms with E-state index in [4.69, 9.17) is 0 Å². The summed E-state index contributed by atoms with van der Waals surface area (Å²) in [5, 5.41) is 0. The van der Waals surface area contributed by atoms with Gasteiger partial charge in [-0.05, 0) is 52.5 Å². The van der Waals surface area contributed by atoms with Crippen molar-refractivity contribution in [2.24, 2.45) is 0 Å². The SMILES string of the molecule is CC1(C)CCC(C)(C)c2cc(CC#Cc3ccccc3)ccc21. The van der Waals surface area contributed by atoms with Crippen molar-refractivity contribution < 1.29 is 0 Å². The highest BCUT2D eigenvalue weighted by Crippen LogP contribution is 2.45. The van der Waals surface area contributed by atoms with Crippen molar-refractivity contribution in [1.29, 1.82) is 0 Å². The summed E-state index contributed by atoms with van der Waals surface area (Å²) in [5.74, 6) is 6.58. The van der Waals surface area contributed by atoms with Gasteiger partial charge in [-0.3, -0.25) is 0 Å². The molecule has 0 aliphatic heterocycles. The van der Waals surface area contributed by atoms with Crippen LogP contribution in [0, 0.1) is 11.8 Å². The standard InChI is InChI=1S/C23H26/c1-22(2)15-16-23(3,4)21-17-19(13-14-20(21)22)12-8-11-18-9-6-5-7-10-18/h5-7,9-10,13-14,17H,12,15-16H2,1-4H3. The molecule has 0 saturated carbocycles. The fraction of sp³-hybridized carbons (Fsp3) is 0.391. The maximum absolute atomic E-state index is 3.32. The molecule has 2 aromatic rings. The Hall–Kier alpha value is -2.00. The lowest BCUT2D eigenvalue weighted by atomic mass is 9.63. The molecule has 0 saturated heterocycles. The Labute approximate surface area is 140 Å². The van der Waals surface area contributed by atoms with E-state index in [2.05, 4.69) is 69.9 Å². The van der Waals surface area contributed by atoms with Crippen LogP contribution in [0.5, 0.6) is 0 Å². The largest absolute Gasteiger partial charge is 0.0931 e. The topological polar surface area (TPSA) is 0 Å². The summed E-state index contributed by atoms with van der Waals surface area (Å²) in [4.78, 5) is 0. The van der Waals surface area contributed by atoms with E-state index >= 15 is 0 Å². The van der Waals surface area contributed by atoms with Gasteiger partial charge in [0.2, 0.25) is 0 Å². The molecular formula is C23H26. The second-order valence-corrected chi connectivity index (χ2v) is 7.99. The molecule has 0 unspecified atom stereocenters. The lowest BCUT2D eigenvalue weighted by molar-refractivity contribution is 0.331. The average molecular weight is 302 g/mol. The van der Waals surface area contributed by atoms with E-state index in [1.54, 1.807) is 0 Å². The van der Waals surface area contributed by atoms with Crippen LogP contribution >= 0.6 is 0 Å². The van der Waals surface area contributed by atoms with Crippen LogP contribution in [0.15, 0.2) is 48.5 Å². The molecule has 0 aromatic heterocycles. The van der Waals surface area contributed by atoms with Crippen molar-refractivity contribution in [1.82, 2.24) is 0 Å². The average Bonchev–Trinajstić information content (AvgIpc) is 2.53. The first-order chi connectivity index (χ1) is 10.9. The number of fused-ring (bicyclic) bond motifs is 1. The molecular weight excluding hydrogens is 276 g/mol. The summed E-state index contributed by atoms with van der Waals surface area (Å²) in [5.41, 5.74) is 6.03. The fourth-order valence-electron chi connectivity index (χ4n) is 3.52. The highest BCUT2D eigenvalue weighted by molar-refractivity contribution is 5.44. The van der Waals surface area contributed by atoms with Gasteiger partial charge in [-0.15, -0.1) is 0 Å². The molecule has 0 heterocycles. The molecule has 1 aliphatic carbocycles. The van der Waals surface area contributed by atoms with E-state index < -0.39 is 0 Å². The highest BCUT2D eigenvalue weighted by atomic mass is 14.4. The molecule has 0 atom stereocenters. The minimum absolute atomic E-state index is 0.272. The molecule has 0 N–H and O–H groups in total. The molecule has 0 radical (unpaired) electrons. The summed E-state index contributed by atoms with van der Waals surface area (Å²) in [6.07, 6.45) is 3.34. The number of hydrogen-bond donors (Lipinski definition) is 0. The van der Waals surface area contributed by atoms with Crippen molar-refractivity contribution in [2.75, 3.05) is 0 Å². The Morgan fingerprint density at radius 3 is 2.17 bits per heavy atom. The van der Waals surface area contributed by atoms with Gasteiger partial charge >= 0.3 is 0 Å². The van der Waals surface area contributed by atoms with Gasteiger partial charge in [0, 0.05) is 12.0 Å². The van der Waals surface area contributed by atoms with Crippen LogP contribution in [0.4, 0.5) is 0 Å². The summed E-state index contributed by atoms with van der Waals surface area (Å²) < 4.78 is 0. The van der Waals surface area contributed by atoms with Crippen molar-refractivity contribution in [2.45, 2.75) is 57.8 Å². The molecule has 0 amide bonds. The first-order valence-corrected chi connectivity index (χ1v) is 8.56. The van der Waals surface area contributed by atoms with Gasteiger partial charge < -0.3 is 0 Å². The zero-order chi connectivity index (χ0) is 16.5. The van der Waals surface area contributed by atoms with Crippen molar-refractivity contribution in [3.05, 3.63) is 70.8 Å². The third kappa shape index (κ3) is 3.35. The van der Waals surface area contributed by atoms with Gasteiger partial charge in [-0.1, -0.05) is 75.9 Å². The number of benzene rings is 2. The molecule has 3 rings (SSSR count). The van der Waals surface area contributed by atoms with Gasteiger partial charge in [0.1, 0.15) is 0 Å². The third-order valence-corrected chi connectivity index (χ3v) is 5.22. The second-order valence-electron chi connectivity index (χ2n) is 7.99. The summed E-state index contributed by atoms with van der Waals surface area (Å²) >= 11 is 0. The molecule has 23 heavy (non-hydrogen) atoms. The smallest absolute Gasteiger partial charge is 0.0344 e. The maximum atomic E-state index is 3.32. The van der Waals surface area contributed by atoms with Crippen LogP contribution in [0.1, 0.15) is 62.8 Å². The first kappa shape index (κ1) is 15.9. The van der Waals surface area contributed by atoms with E-state index in [1.807, 2.05) is 18.2 Å². The Morgan fingerprint density at radius 1 is 0.826 bits per heavy atom. The zero-order valence-electron chi connectivity index (χ0n) is 14.7. The van der Waals surface area contributed by atoms with E-state index in [9.17, 15) is 0 Å². The lowest BCUT2D eigenvalue weighted by Crippen LogP contribution is -2.33. The monoisotopic (exact) mass is 302 g/mol. The van der Waals surface area contributed by atoms with Crippen LogP contribution in [0.3, 0.4) is 0 Å².